The van der Waals surface area contributed by atoms with Gasteiger partial charge in [0.05, 0.1) is 0 Å². The predicted molar refractivity (Wildman–Crippen MR) is 95.4 cm³/mol. The molecule has 1 aliphatic heterocycles. The number of hydrogen-bond donors (Lipinski definition) is 1. The summed E-state index contributed by atoms with van der Waals surface area (Å²) >= 11 is 1.26. The minimum absolute atomic E-state index is 0.0443. The zero-order valence-corrected chi connectivity index (χ0v) is 15.7. The molecule has 0 spiro atoms. The standard InChI is InChI=1S/C17H26N2O3S2/c1-13(17(20)18-15-5-2-3-6-15)14-8-10-19(11-9-14)24(21,22)16-7-4-12-23-16/h4,7,12-15H,2-3,5-6,8-11H2,1H3,(H,18,20)/t13-/m1/s1. The number of rotatable bonds is 5. The minimum atomic E-state index is -3.36. The molecule has 1 aromatic rings. The molecule has 3 rings (SSSR count). The Morgan fingerprint density at radius 3 is 2.50 bits per heavy atom. The predicted octanol–water partition coefficient (Wildman–Crippen LogP) is 2.84. The number of hydrogen-bond acceptors (Lipinski definition) is 4. The molecule has 0 unspecified atom stereocenters. The van der Waals surface area contributed by atoms with Gasteiger partial charge < -0.3 is 5.32 Å². The Morgan fingerprint density at radius 1 is 1.25 bits per heavy atom. The normalized spacial score (nSPS) is 22.5. The van der Waals surface area contributed by atoms with Crippen molar-refractivity contribution in [3.05, 3.63) is 17.5 Å². The molecule has 1 amide bonds. The van der Waals surface area contributed by atoms with Gasteiger partial charge in [0.2, 0.25) is 5.91 Å². The van der Waals surface area contributed by atoms with Crippen LogP contribution in [0, 0.1) is 11.8 Å². The van der Waals surface area contributed by atoms with E-state index in [2.05, 4.69) is 5.32 Å². The molecule has 2 fully saturated rings. The Labute approximate surface area is 148 Å². The van der Waals surface area contributed by atoms with Crippen LogP contribution in [0.1, 0.15) is 45.4 Å². The number of amides is 1. The van der Waals surface area contributed by atoms with Gasteiger partial charge in [-0.3, -0.25) is 4.79 Å². The zero-order valence-electron chi connectivity index (χ0n) is 14.1. The minimum Gasteiger partial charge on any atom is -0.353 e. The van der Waals surface area contributed by atoms with Crippen LogP contribution in [0.2, 0.25) is 0 Å². The second kappa shape index (κ2) is 7.54. The van der Waals surface area contributed by atoms with Gasteiger partial charge in [0.1, 0.15) is 4.21 Å². The maximum atomic E-state index is 12.5. The van der Waals surface area contributed by atoms with Gasteiger partial charge in [-0.1, -0.05) is 25.8 Å². The summed E-state index contributed by atoms with van der Waals surface area (Å²) in [6.45, 7) is 3.00. The van der Waals surface area contributed by atoms with Gasteiger partial charge >= 0.3 is 0 Å². The molecule has 1 saturated heterocycles. The van der Waals surface area contributed by atoms with Crippen molar-refractivity contribution in [2.45, 2.75) is 55.7 Å². The number of carbonyl (C=O) groups is 1. The largest absolute Gasteiger partial charge is 0.353 e. The first-order valence-corrected chi connectivity index (χ1v) is 11.1. The summed E-state index contributed by atoms with van der Waals surface area (Å²) in [6.07, 6.45) is 6.11. The number of nitrogens with zero attached hydrogens (tertiary/aromatic N) is 1. The summed E-state index contributed by atoms with van der Waals surface area (Å²) in [6, 6.07) is 3.77. The topological polar surface area (TPSA) is 66.5 Å². The second-order valence-electron chi connectivity index (χ2n) is 6.95. The van der Waals surface area contributed by atoms with E-state index < -0.39 is 10.0 Å². The van der Waals surface area contributed by atoms with Crippen LogP contribution in [0.25, 0.3) is 0 Å². The number of sulfonamides is 1. The molecule has 24 heavy (non-hydrogen) atoms. The number of carbonyl (C=O) groups excluding carboxylic acids is 1. The van der Waals surface area contributed by atoms with Crippen LogP contribution in [0.5, 0.6) is 0 Å². The Bertz CT molecular complexity index is 643. The maximum absolute atomic E-state index is 12.5. The molecular formula is C17H26N2O3S2. The molecule has 2 heterocycles. The Kier molecular flexibility index (Phi) is 5.62. The lowest BCUT2D eigenvalue weighted by Crippen LogP contribution is -2.44. The molecule has 134 valence electrons. The average molecular weight is 371 g/mol. The molecule has 7 heteroatoms. The summed E-state index contributed by atoms with van der Waals surface area (Å²) in [5.41, 5.74) is 0. The Hall–Kier alpha value is -0.920. The summed E-state index contributed by atoms with van der Waals surface area (Å²) in [5.74, 6) is 0.361. The van der Waals surface area contributed by atoms with E-state index in [1.165, 1.54) is 24.2 Å². The molecule has 1 saturated carbocycles. The highest BCUT2D eigenvalue weighted by atomic mass is 32.2. The summed E-state index contributed by atoms with van der Waals surface area (Å²) in [5, 5.41) is 4.96. The number of nitrogens with one attached hydrogen (secondary N) is 1. The van der Waals surface area contributed by atoms with Crippen molar-refractivity contribution >= 4 is 27.3 Å². The van der Waals surface area contributed by atoms with E-state index in [0.717, 1.165) is 25.7 Å². The SMILES string of the molecule is C[C@@H](C(=O)NC1CCCC1)C1CCN(S(=O)(=O)c2cccs2)CC1. The summed E-state index contributed by atoms with van der Waals surface area (Å²) in [4.78, 5) is 12.4. The quantitative estimate of drug-likeness (QED) is 0.867. The van der Waals surface area contributed by atoms with Crippen molar-refractivity contribution in [3.63, 3.8) is 0 Å². The van der Waals surface area contributed by atoms with Gasteiger partial charge in [0.25, 0.3) is 10.0 Å². The molecule has 1 atom stereocenters. The van der Waals surface area contributed by atoms with E-state index >= 15 is 0 Å². The fraction of sp³-hybridized carbons (Fsp3) is 0.706. The summed E-state index contributed by atoms with van der Waals surface area (Å²) in [7, 11) is -3.36. The van der Waals surface area contributed by atoms with Crippen molar-refractivity contribution < 1.29 is 13.2 Å². The molecule has 0 radical (unpaired) electrons. The van der Waals surface area contributed by atoms with Gasteiger partial charge in [-0.05, 0) is 43.0 Å². The van der Waals surface area contributed by atoms with Gasteiger partial charge in [-0.2, -0.15) is 4.31 Å². The smallest absolute Gasteiger partial charge is 0.252 e. The van der Waals surface area contributed by atoms with Crippen molar-refractivity contribution in [3.8, 4) is 0 Å². The highest BCUT2D eigenvalue weighted by molar-refractivity contribution is 7.91. The van der Waals surface area contributed by atoms with Crippen LogP contribution < -0.4 is 5.32 Å². The molecular weight excluding hydrogens is 344 g/mol. The maximum Gasteiger partial charge on any atom is 0.252 e. The highest BCUT2D eigenvalue weighted by Gasteiger charge is 2.34. The van der Waals surface area contributed by atoms with Gasteiger partial charge in [-0.25, -0.2) is 8.42 Å². The van der Waals surface area contributed by atoms with Crippen molar-refractivity contribution in [2.24, 2.45) is 11.8 Å². The molecule has 1 aromatic heterocycles. The van der Waals surface area contributed by atoms with Crippen molar-refractivity contribution in [1.29, 1.82) is 0 Å². The summed E-state index contributed by atoms with van der Waals surface area (Å²) < 4.78 is 27.1. The third-order valence-corrected chi connectivity index (χ3v) is 8.68. The van der Waals surface area contributed by atoms with Crippen LogP contribution >= 0.6 is 11.3 Å². The van der Waals surface area contributed by atoms with E-state index in [1.54, 1.807) is 21.8 Å². The third-order valence-electron chi connectivity index (χ3n) is 5.41. The lowest BCUT2D eigenvalue weighted by molar-refractivity contribution is -0.127. The van der Waals surface area contributed by atoms with Gasteiger partial charge in [0, 0.05) is 25.0 Å². The van der Waals surface area contributed by atoms with Crippen LogP contribution in [-0.4, -0.2) is 37.8 Å². The fourth-order valence-corrected chi connectivity index (χ4v) is 6.38. The van der Waals surface area contributed by atoms with Crippen LogP contribution in [0.3, 0.4) is 0 Å². The van der Waals surface area contributed by atoms with Crippen LogP contribution in [-0.2, 0) is 14.8 Å². The van der Waals surface area contributed by atoms with E-state index in [4.69, 9.17) is 0 Å². The van der Waals surface area contributed by atoms with E-state index in [-0.39, 0.29) is 17.7 Å². The van der Waals surface area contributed by atoms with Crippen LogP contribution in [0.4, 0.5) is 0 Å². The molecule has 0 aromatic carbocycles. The third kappa shape index (κ3) is 3.83. The second-order valence-corrected chi connectivity index (χ2v) is 10.1. The highest BCUT2D eigenvalue weighted by Crippen LogP contribution is 2.30. The molecule has 1 aliphatic carbocycles. The van der Waals surface area contributed by atoms with E-state index in [0.29, 0.717) is 23.3 Å². The molecule has 1 N–H and O–H groups in total. The van der Waals surface area contributed by atoms with Crippen LogP contribution in [0.15, 0.2) is 21.7 Å². The Balaban J connectivity index is 1.53. The number of thiophene rings is 1. The Morgan fingerprint density at radius 2 is 1.92 bits per heavy atom. The lowest BCUT2D eigenvalue weighted by Gasteiger charge is -2.33. The number of piperidine rings is 1. The van der Waals surface area contributed by atoms with Crippen molar-refractivity contribution in [2.75, 3.05) is 13.1 Å². The molecule has 0 bridgehead atoms. The monoisotopic (exact) mass is 370 g/mol. The molecule has 2 aliphatic rings. The first kappa shape index (κ1) is 17.9. The average Bonchev–Trinajstić information content (AvgIpc) is 3.28. The fourth-order valence-electron chi connectivity index (χ4n) is 3.77. The van der Waals surface area contributed by atoms with Gasteiger partial charge in [0.15, 0.2) is 0 Å². The van der Waals surface area contributed by atoms with Crippen molar-refractivity contribution in [1.82, 2.24) is 9.62 Å². The molecule has 5 nitrogen and oxygen atoms in total. The lowest BCUT2D eigenvalue weighted by atomic mass is 9.85. The van der Waals surface area contributed by atoms with E-state index in [9.17, 15) is 13.2 Å². The first-order valence-electron chi connectivity index (χ1n) is 8.82. The van der Waals surface area contributed by atoms with Gasteiger partial charge in [-0.15, -0.1) is 11.3 Å². The first-order chi connectivity index (χ1) is 11.5. The van der Waals surface area contributed by atoms with E-state index in [1.807, 2.05) is 6.92 Å². The zero-order chi connectivity index (χ0) is 17.2.